The third kappa shape index (κ3) is 3.47. The molecule has 2 unspecified atom stereocenters. The fraction of sp³-hybridized carbons (Fsp3) is 0.455. The molecule has 2 atom stereocenters. The molecule has 84 valence electrons. The number of nitrogens with two attached hydrogens (primary N) is 1. The Morgan fingerprint density at radius 1 is 1.40 bits per heavy atom. The van der Waals surface area contributed by atoms with E-state index in [4.69, 9.17) is 22.2 Å². The van der Waals surface area contributed by atoms with Crippen LogP contribution in [0.5, 0.6) is 0 Å². The van der Waals surface area contributed by atoms with Gasteiger partial charge in [0.2, 0.25) is 0 Å². The van der Waals surface area contributed by atoms with E-state index in [0.29, 0.717) is 6.61 Å². The van der Waals surface area contributed by atoms with Crippen molar-refractivity contribution in [2.45, 2.75) is 26.0 Å². The van der Waals surface area contributed by atoms with Crippen LogP contribution < -0.4 is 11.3 Å². The van der Waals surface area contributed by atoms with Crippen LogP contribution in [-0.4, -0.2) is 12.7 Å². The molecule has 3 nitrogen and oxygen atoms in total. The van der Waals surface area contributed by atoms with E-state index < -0.39 is 0 Å². The van der Waals surface area contributed by atoms with Gasteiger partial charge in [-0.15, -0.1) is 0 Å². The van der Waals surface area contributed by atoms with Crippen molar-refractivity contribution < 1.29 is 4.74 Å². The van der Waals surface area contributed by atoms with Crippen molar-refractivity contribution in [2.75, 3.05) is 6.61 Å². The van der Waals surface area contributed by atoms with Gasteiger partial charge in [0.1, 0.15) is 0 Å². The van der Waals surface area contributed by atoms with Crippen LogP contribution in [0.15, 0.2) is 24.3 Å². The molecule has 0 bridgehead atoms. The molecular weight excluding hydrogens is 212 g/mol. The predicted octanol–water partition coefficient (Wildman–Crippen LogP) is 2.27. The molecule has 1 aromatic rings. The standard InChI is InChI=1S/C11H17ClN2O/c1-3-15-8(2)11(14-13)9-4-6-10(12)7-5-9/h4-8,11,14H,3,13H2,1-2H3. The van der Waals surface area contributed by atoms with E-state index in [-0.39, 0.29) is 12.1 Å². The van der Waals surface area contributed by atoms with E-state index in [1.807, 2.05) is 38.1 Å². The zero-order valence-electron chi connectivity index (χ0n) is 9.03. The molecule has 1 rings (SSSR count). The molecule has 15 heavy (non-hydrogen) atoms. The second-order valence-corrected chi connectivity index (χ2v) is 3.79. The number of hydrogen-bond acceptors (Lipinski definition) is 3. The van der Waals surface area contributed by atoms with E-state index >= 15 is 0 Å². The molecule has 0 amide bonds. The number of ether oxygens (including phenoxy) is 1. The minimum atomic E-state index is -0.0118. The lowest BCUT2D eigenvalue weighted by Crippen LogP contribution is -2.36. The Morgan fingerprint density at radius 3 is 2.47 bits per heavy atom. The average Bonchev–Trinajstić information content (AvgIpc) is 2.22. The Morgan fingerprint density at radius 2 is 2.00 bits per heavy atom. The van der Waals surface area contributed by atoms with Gasteiger partial charge in [-0.2, -0.15) is 0 Å². The lowest BCUT2D eigenvalue weighted by molar-refractivity contribution is 0.0472. The van der Waals surface area contributed by atoms with Gasteiger partial charge in [-0.05, 0) is 31.5 Å². The SMILES string of the molecule is CCOC(C)C(NN)c1ccc(Cl)cc1. The Bertz CT molecular complexity index is 289. The summed E-state index contributed by atoms with van der Waals surface area (Å²) < 4.78 is 5.50. The fourth-order valence-electron chi connectivity index (χ4n) is 1.53. The number of halogens is 1. The van der Waals surface area contributed by atoms with Gasteiger partial charge in [-0.3, -0.25) is 11.3 Å². The largest absolute Gasteiger partial charge is 0.377 e. The molecule has 0 radical (unpaired) electrons. The van der Waals surface area contributed by atoms with Gasteiger partial charge in [0, 0.05) is 11.6 Å². The van der Waals surface area contributed by atoms with Crippen molar-refractivity contribution in [3.05, 3.63) is 34.9 Å². The monoisotopic (exact) mass is 228 g/mol. The summed E-state index contributed by atoms with van der Waals surface area (Å²) in [5.74, 6) is 5.51. The van der Waals surface area contributed by atoms with Crippen molar-refractivity contribution in [3.63, 3.8) is 0 Å². The summed E-state index contributed by atoms with van der Waals surface area (Å²) in [6.07, 6.45) is 0.0289. The van der Waals surface area contributed by atoms with Crippen LogP contribution in [-0.2, 0) is 4.74 Å². The highest BCUT2D eigenvalue weighted by Crippen LogP contribution is 2.20. The van der Waals surface area contributed by atoms with Crippen LogP contribution in [0.3, 0.4) is 0 Å². The van der Waals surface area contributed by atoms with Crippen LogP contribution in [0.25, 0.3) is 0 Å². The van der Waals surface area contributed by atoms with Crippen molar-refractivity contribution in [3.8, 4) is 0 Å². The third-order valence-electron chi connectivity index (χ3n) is 2.31. The normalized spacial score (nSPS) is 14.9. The summed E-state index contributed by atoms with van der Waals surface area (Å²) in [5.41, 5.74) is 3.83. The molecule has 0 heterocycles. The second-order valence-electron chi connectivity index (χ2n) is 3.36. The van der Waals surface area contributed by atoms with E-state index in [1.54, 1.807) is 0 Å². The maximum Gasteiger partial charge on any atom is 0.0754 e. The summed E-state index contributed by atoms with van der Waals surface area (Å²) in [6.45, 7) is 4.63. The lowest BCUT2D eigenvalue weighted by atomic mass is 10.0. The topological polar surface area (TPSA) is 47.3 Å². The molecule has 0 aliphatic heterocycles. The number of benzene rings is 1. The second kappa shape index (κ2) is 6.08. The van der Waals surface area contributed by atoms with Crippen molar-refractivity contribution in [1.29, 1.82) is 0 Å². The quantitative estimate of drug-likeness (QED) is 0.601. The van der Waals surface area contributed by atoms with Crippen LogP contribution in [0.1, 0.15) is 25.5 Å². The molecule has 4 heteroatoms. The maximum atomic E-state index is 5.82. The first kappa shape index (κ1) is 12.5. The van der Waals surface area contributed by atoms with E-state index in [2.05, 4.69) is 5.43 Å². The van der Waals surface area contributed by atoms with E-state index in [0.717, 1.165) is 10.6 Å². The van der Waals surface area contributed by atoms with Gasteiger partial charge >= 0.3 is 0 Å². The first-order valence-corrected chi connectivity index (χ1v) is 5.40. The molecule has 0 saturated carbocycles. The summed E-state index contributed by atoms with van der Waals surface area (Å²) >= 11 is 5.82. The number of rotatable bonds is 5. The van der Waals surface area contributed by atoms with Gasteiger partial charge in [-0.1, -0.05) is 23.7 Å². The van der Waals surface area contributed by atoms with Gasteiger partial charge in [0.15, 0.2) is 0 Å². The Balaban J connectivity index is 2.77. The zero-order chi connectivity index (χ0) is 11.3. The van der Waals surface area contributed by atoms with Gasteiger partial charge in [-0.25, -0.2) is 0 Å². The highest BCUT2D eigenvalue weighted by atomic mass is 35.5. The highest BCUT2D eigenvalue weighted by molar-refractivity contribution is 6.30. The average molecular weight is 229 g/mol. The zero-order valence-corrected chi connectivity index (χ0v) is 9.79. The Kier molecular flexibility index (Phi) is 5.05. The van der Waals surface area contributed by atoms with Gasteiger partial charge in [0.25, 0.3) is 0 Å². The predicted molar refractivity (Wildman–Crippen MR) is 62.6 cm³/mol. The van der Waals surface area contributed by atoms with Crippen molar-refractivity contribution in [1.82, 2.24) is 5.43 Å². The minimum absolute atomic E-state index is 0.0118. The van der Waals surface area contributed by atoms with Crippen molar-refractivity contribution in [2.24, 2.45) is 5.84 Å². The molecule has 0 spiro atoms. The lowest BCUT2D eigenvalue weighted by Gasteiger charge is -2.23. The first-order chi connectivity index (χ1) is 7.19. The molecule has 1 aromatic carbocycles. The summed E-state index contributed by atoms with van der Waals surface area (Å²) in [7, 11) is 0. The minimum Gasteiger partial charge on any atom is -0.377 e. The van der Waals surface area contributed by atoms with Crippen LogP contribution in [0.2, 0.25) is 5.02 Å². The molecule has 0 aliphatic carbocycles. The first-order valence-electron chi connectivity index (χ1n) is 5.02. The van der Waals surface area contributed by atoms with Crippen molar-refractivity contribution >= 4 is 11.6 Å². The highest BCUT2D eigenvalue weighted by Gasteiger charge is 2.17. The third-order valence-corrected chi connectivity index (χ3v) is 2.56. The summed E-state index contributed by atoms with van der Waals surface area (Å²) in [6, 6.07) is 7.58. The van der Waals surface area contributed by atoms with E-state index in [9.17, 15) is 0 Å². The molecule has 0 aliphatic rings. The van der Waals surface area contributed by atoms with Gasteiger partial charge < -0.3 is 4.74 Å². The smallest absolute Gasteiger partial charge is 0.0754 e. The number of nitrogens with one attached hydrogen (secondary N) is 1. The van der Waals surface area contributed by atoms with Crippen LogP contribution in [0.4, 0.5) is 0 Å². The van der Waals surface area contributed by atoms with E-state index in [1.165, 1.54) is 0 Å². The maximum absolute atomic E-state index is 5.82. The van der Waals surface area contributed by atoms with Crippen LogP contribution in [0, 0.1) is 0 Å². The molecule has 0 saturated heterocycles. The molecule has 0 aromatic heterocycles. The number of hydrogen-bond donors (Lipinski definition) is 2. The molecule has 3 N–H and O–H groups in total. The molecular formula is C11H17ClN2O. The van der Waals surface area contributed by atoms with Crippen LogP contribution >= 0.6 is 11.6 Å². The Hall–Kier alpha value is -0.610. The van der Waals surface area contributed by atoms with Gasteiger partial charge in [0.05, 0.1) is 12.1 Å². The fourth-order valence-corrected chi connectivity index (χ4v) is 1.66. The Labute approximate surface area is 95.5 Å². The summed E-state index contributed by atoms with van der Waals surface area (Å²) in [5, 5.41) is 0.721. The number of hydrazine groups is 1. The summed E-state index contributed by atoms with van der Waals surface area (Å²) in [4.78, 5) is 0. The molecule has 0 fully saturated rings.